The van der Waals surface area contributed by atoms with Gasteiger partial charge in [0, 0.05) is 21.3 Å². The average molecular weight is 308 g/mol. The number of sulfonamides is 1. The fraction of sp³-hybridized carbons (Fsp3) is 0.333. The molecular formula is C12H12N4O4S. The summed E-state index contributed by atoms with van der Waals surface area (Å²) in [5.41, 5.74) is 8.49. The van der Waals surface area contributed by atoms with Crippen LogP contribution in [-0.4, -0.2) is 20.2 Å². The standard InChI is InChI=1S/C12H12N4O4S/c1-7-8(2)12(18)16(11(7)17)9-3-5-10(6-4-9)21(19,20)15-14-13/h3-8H,1-2H3. The number of carbonyl (C=O) groups excluding carboxylic acids is 2. The Morgan fingerprint density at radius 1 is 1.10 bits per heavy atom. The number of benzene rings is 1. The second-order valence-corrected chi connectivity index (χ2v) is 6.31. The molecule has 2 rings (SSSR count). The summed E-state index contributed by atoms with van der Waals surface area (Å²) in [5.74, 6) is -1.47. The zero-order chi connectivity index (χ0) is 15.8. The first-order valence-electron chi connectivity index (χ1n) is 6.09. The number of imide groups is 1. The third kappa shape index (κ3) is 2.48. The predicted molar refractivity (Wildman–Crippen MR) is 73.6 cm³/mol. The number of anilines is 1. The van der Waals surface area contributed by atoms with Crippen molar-refractivity contribution in [3.8, 4) is 0 Å². The lowest BCUT2D eigenvalue weighted by Crippen LogP contribution is -2.30. The van der Waals surface area contributed by atoms with Gasteiger partial charge in [0.15, 0.2) is 0 Å². The largest absolute Gasteiger partial charge is 0.274 e. The Morgan fingerprint density at radius 3 is 2.00 bits per heavy atom. The van der Waals surface area contributed by atoms with Crippen molar-refractivity contribution in [2.45, 2.75) is 18.7 Å². The first-order valence-corrected chi connectivity index (χ1v) is 7.53. The van der Waals surface area contributed by atoms with Gasteiger partial charge in [-0.1, -0.05) is 13.8 Å². The number of hydrogen-bond acceptors (Lipinski definition) is 4. The highest BCUT2D eigenvalue weighted by Gasteiger charge is 2.43. The van der Waals surface area contributed by atoms with Gasteiger partial charge in [0.2, 0.25) is 11.8 Å². The van der Waals surface area contributed by atoms with Gasteiger partial charge in [0.05, 0.1) is 10.6 Å². The van der Waals surface area contributed by atoms with Crippen LogP contribution in [0.5, 0.6) is 0 Å². The Hall–Kier alpha value is -2.38. The van der Waals surface area contributed by atoms with Crippen molar-refractivity contribution in [2.75, 3.05) is 4.90 Å². The van der Waals surface area contributed by atoms with Crippen molar-refractivity contribution in [3.05, 3.63) is 34.7 Å². The molecule has 0 spiro atoms. The van der Waals surface area contributed by atoms with Gasteiger partial charge in [-0.15, -0.1) is 0 Å². The van der Waals surface area contributed by atoms with Crippen molar-refractivity contribution in [1.82, 2.24) is 0 Å². The molecule has 21 heavy (non-hydrogen) atoms. The fourth-order valence-corrected chi connectivity index (χ4v) is 2.73. The number of nitrogens with zero attached hydrogens (tertiary/aromatic N) is 4. The second-order valence-electron chi connectivity index (χ2n) is 4.73. The molecule has 2 atom stereocenters. The molecule has 1 aliphatic rings. The Kier molecular flexibility index (Phi) is 3.71. The molecule has 2 amide bonds. The van der Waals surface area contributed by atoms with Crippen LogP contribution in [0.1, 0.15) is 13.8 Å². The lowest BCUT2D eigenvalue weighted by Gasteiger charge is -2.14. The van der Waals surface area contributed by atoms with E-state index in [1.54, 1.807) is 13.8 Å². The molecule has 0 radical (unpaired) electrons. The Balaban J connectivity index is 2.39. The molecule has 1 aromatic carbocycles. The number of rotatable bonds is 3. The minimum Gasteiger partial charge on any atom is -0.274 e. The number of carbonyl (C=O) groups is 2. The second kappa shape index (κ2) is 5.19. The highest BCUT2D eigenvalue weighted by Crippen LogP contribution is 2.31. The monoisotopic (exact) mass is 308 g/mol. The van der Waals surface area contributed by atoms with Gasteiger partial charge in [-0.25, -0.2) is 8.42 Å². The van der Waals surface area contributed by atoms with E-state index in [0.717, 1.165) is 4.90 Å². The van der Waals surface area contributed by atoms with E-state index in [9.17, 15) is 18.0 Å². The van der Waals surface area contributed by atoms with Crippen LogP contribution in [-0.2, 0) is 19.6 Å². The SMILES string of the molecule is CC1C(=O)N(c2ccc(S(=O)(=O)N=[N+]=[N-])cc2)C(=O)C1C. The van der Waals surface area contributed by atoms with Crippen LogP contribution < -0.4 is 4.90 Å². The van der Waals surface area contributed by atoms with Crippen LogP contribution >= 0.6 is 0 Å². The quantitative estimate of drug-likeness (QED) is 0.366. The number of hydrogen-bond donors (Lipinski definition) is 0. The van der Waals surface area contributed by atoms with E-state index >= 15 is 0 Å². The molecule has 1 saturated heterocycles. The Labute approximate surface area is 121 Å². The molecule has 0 N–H and O–H groups in total. The predicted octanol–water partition coefficient (Wildman–Crippen LogP) is 1.83. The molecule has 8 nitrogen and oxygen atoms in total. The van der Waals surface area contributed by atoms with Gasteiger partial charge in [0.1, 0.15) is 0 Å². The topological polar surface area (TPSA) is 120 Å². The summed E-state index contributed by atoms with van der Waals surface area (Å²) in [7, 11) is -4.08. The highest BCUT2D eigenvalue weighted by atomic mass is 32.2. The van der Waals surface area contributed by atoms with E-state index in [0.29, 0.717) is 5.69 Å². The zero-order valence-corrected chi connectivity index (χ0v) is 12.1. The Morgan fingerprint density at radius 2 is 1.57 bits per heavy atom. The van der Waals surface area contributed by atoms with Gasteiger partial charge in [-0.05, 0) is 29.8 Å². The molecule has 0 aromatic heterocycles. The minimum atomic E-state index is -4.08. The third-order valence-corrected chi connectivity index (χ3v) is 4.66. The van der Waals surface area contributed by atoms with Gasteiger partial charge in [-0.3, -0.25) is 14.5 Å². The molecule has 2 unspecified atom stereocenters. The van der Waals surface area contributed by atoms with Crippen LogP contribution in [0.4, 0.5) is 5.69 Å². The van der Waals surface area contributed by atoms with Crippen LogP contribution in [0, 0.1) is 11.8 Å². The van der Waals surface area contributed by atoms with E-state index in [4.69, 9.17) is 5.53 Å². The van der Waals surface area contributed by atoms with E-state index in [-0.39, 0.29) is 16.7 Å². The van der Waals surface area contributed by atoms with Crippen molar-refractivity contribution < 1.29 is 18.0 Å². The summed E-state index contributed by atoms with van der Waals surface area (Å²) in [6.45, 7) is 3.34. The van der Waals surface area contributed by atoms with Crippen LogP contribution in [0.25, 0.3) is 10.4 Å². The maximum absolute atomic E-state index is 12.0. The lowest BCUT2D eigenvalue weighted by molar-refractivity contribution is -0.122. The molecule has 110 valence electrons. The molecule has 0 bridgehead atoms. The molecule has 0 saturated carbocycles. The van der Waals surface area contributed by atoms with Gasteiger partial charge < -0.3 is 0 Å². The smallest absolute Gasteiger partial charge is 0.264 e. The van der Waals surface area contributed by atoms with Crippen molar-refractivity contribution in [2.24, 2.45) is 16.4 Å². The molecule has 0 aliphatic carbocycles. The minimum absolute atomic E-state index is 0.204. The first-order chi connectivity index (χ1) is 9.79. The average Bonchev–Trinajstić information content (AvgIpc) is 2.63. The Bertz CT molecular complexity index is 730. The third-order valence-electron chi connectivity index (χ3n) is 3.51. The summed E-state index contributed by atoms with van der Waals surface area (Å²) < 4.78 is 25.8. The van der Waals surface area contributed by atoms with E-state index < -0.39 is 21.9 Å². The van der Waals surface area contributed by atoms with Gasteiger partial charge >= 0.3 is 0 Å². The highest BCUT2D eigenvalue weighted by molar-refractivity contribution is 7.90. The molecule has 1 fully saturated rings. The van der Waals surface area contributed by atoms with Crippen molar-refractivity contribution >= 4 is 27.5 Å². The summed E-state index contributed by atoms with van der Waals surface area (Å²) in [6, 6.07) is 5.04. The lowest BCUT2D eigenvalue weighted by atomic mass is 10.00. The van der Waals surface area contributed by atoms with Crippen LogP contribution in [0.3, 0.4) is 0 Å². The maximum Gasteiger partial charge on any atom is 0.264 e. The molecule has 1 aromatic rings. The van der Waals surface area contributed by atoms with E-state index in [2.05, 4.69) is 9.43 Å². The first kappa shape index (κ1) is 15.0. The van der Waals surface area contributed by atoms with E-state index in [1.165, 1.54) is 24.3 Å². The summed E-state index contributed by atoms with van der Waals surface area (Å²) in [4.78, 5) is 27.1. The van der Waals surface area contributed by atoms with Crippen molar-refractivity contribution in [1.29, 1.82) is 0 Å². The molecule has 1 heterocycles. The maximum atomic E-state index is 12.0. The normalized spacial score (nSPS) is 22.3. The van der Waals surface area contributed by atoms with Gasteiger partial charge in [0.25, 0.3) is 10.0 Å². The van der Waals surface area contributed by atoms with E-state index in [1.807, 2.05) is 0 Å². The fourth-order valence-electron chi connectivity index (χ4n) is 2.06. The zero-order valence-electron chi connectivity index (χ0n) is 11.3. The molecule has 9 heteroatoms. The van der Waals surface area contributed by atoms with Gasteiger partial charge in [-0.2, -0.15) is 0 Å². The molecule has 1 aliphatic heterocycles. The number of azide groups is 1. The number of amides is 2. The summed E-state index contributed by atoms with van der Waals surface area (Å²) in [5, 5.41) is 0. The van der Waals surface area contributed by atoms with Crippen LogP contribution in [0.2, 0.25) is 0 Å². The summed E-state index contributed by atoms with van der Waals surface area (Å²) >= 11 is 0. The molecular weight excluding hydrogens is 296 g/mol. The van der Waals surface area contributed by atoms with Crippen LogP contribution in [0.15, 0.2) is 33.7 Å². The summed E-state index contributed by atoms with van der Waals surface area (Å²) in [6.07, 6.45) is 0. The van der Waals surface area contributed by atoms with Crippen molar-refractivity contribution in [3.63, 3.8) is 0 Å².